The fourth-order valence-corrected chi connectivity index (χ4v) is 5.86. The van der Waals surface area contributed by atoms with Gasteiger partial charge in [-0.05, 0) is 49.4 Å². The quantitative estimate of drug-likeness (QED) is 0.649. The first kappa shape index (κ1) is 24.0. The smallest absolute Gasteiger partial charge is 0.243 e. The van der Waals surface area contributed by atoms with Crippen molar-refractivity contribution in [2.45, 2.75) is 17.6 Å². The second-order valence-corrected chi connectivity index (χ2v) is 10.8. The molecule has 1 aliphatic heterocycles. The summed E-state index contributed by atoms with van der Waals surface area (Å²) in [7, 11) is -1.68. The van der Waals surface area contributed by atoms with Gasteiger partial charge in [0.05, 0.1) is 10.6 Å². The monoisotopic (exact) mass is 485 g/mol. The Morgan fingerprint density at radius 3 is 2.55 bits per heavy atom. The molecule has 6 nitrogen and oxygen atoms in total. The predicted octanol–water partition coefficient (Wildman–Crippen LogP) is 3.60. The van der Waals surface area contributed by atoms with E-state index in [1.54, 1.807) is 31.2 Å². The number of carbonyl (C=O) groups is 1. The normalized spacial score (nSPS) is 15.7. The summed E-state index contributed by atoms with van der Waals surface area (Å²) in [6, 6.07) is 9.32. The average Bonchev–Trinajstić information content (AvgIpc) is 2.71. The van der Waals surface area contributed by atoms with Gasteiger partial charge in [-0.2, -0.15) is 4.31 Å². The second-order valence-electron chi connectivity index (χ2n) is 7.46. The number of rotatable bonds is 7. The van der Waals surface area contributed by atoms with E-state index < -0.39 is 15.8 Å². The second kappa shape index (κ2) is 10.3. The zero-order chi connectivity index (χ0) is 22.6. The van der Waals surface area contributed by atoms with Gasteiger partial charge >= 0.3 is 0 Å². The molecule has 1 aliphatic rings. The van der Waals surface area contributed by atoms with E-state index in [1.165, 1.54) is 28.2 Å². The number of hydrogen-bond acceptors (Lipinski definition) is 5. The van der Waals surface area contributed by atoms with Crippen LogP contribution in [0, 0.1) is 12.7 Å². The molecule has 168 valence electrons. The minimum absolute atomic E-state index is 0.108. The van der Waals surface area contributed by atoms with Crippen molar-refractivity contribution < 1.29 is 17.6 Å². The Labute approximate surface area is 191 Å². The van der Waals surface area contributed by atoms with E-state index in [0.717, 1.165) is 0 Å². The Kier molecular flexibility index (Phi) is 7.98. The Bertz CT molecular complexity index is 1060. The van der Waals surface area contributed by atoms with Gasteiger partial charge < -0.3 is 10.2 Å². The average molecular weight is 486 g/mol. The Morgan fingerprint density at radius 1 is 1.16 bits per heavy atom. The van der Waals surface area contributed by atoms with Crippen LogP contribution in [-0.4, -0.2) is 62.5 Å². The Hall–Kier alpha value is -1.65. The number of piperazine rings is 1. The third-order valence-electron chi connectivity index (χ3n) is 5.06. The summed E-state index contributed by atoms with van der Waals surface area (Å²) in [6.45, 7) is 3.98. The Balaban J connectivity index is 1.62. The topological polar surface area (TPSA) is 69.7 Å². The van der Waals surface area contributed by atoms with Crippen molar-refractivity contribution in [1.29, 1.82) is 0 Å². The molecule has 0 bridgehead atoms. The summed E-state index contributed by atoms with van der Waals surface area (Å²) in [5, 5.41) is 3.06. The predicted molar refractivity (Wildman–Crippen MR) is 124 cm³/mol. The van der Waals surface area contributed by atoms with E-state index in [-0.39, 0.29) is 16.6 Å². The Morgan fingerprint density at radius 2 is 1.87 bits per heavy atom. The first-order chi connectivity index (χ1) is 14.7. The summed E-state index contributed by atoms with van der Waals surface area (Å²) in [4.78, 5) is 14.6. The van der Waals surface area contributed by atoms with Gasteiger partial charge in [-0.1, -0.05) is 23.7 Å². The number of benzene rings is 2. The van der Waals surface area contributed by atoms with E-state index >= 15 is 0 Å². The molecule has 3 rings (SSSR count). The SMILES string of the molecule is Cc1ccc(NC(=O)CSCc2ccc(Cl)cc2F)cc1S(=O)(=O)N1CCN(C)CC1. The highest BCUT2D eigenvalue weighted by Gasteiger charge is 2.29. The molecule has 0 atom stereocenters. The molecule has 1 N–H and O–H groups in total. The molecular weight excluding hydrogens is 461 g/mol. The maximum Gasteiger partial charge on any atom is 0.243 e. The van der Waals surface area contributed by atoms with Crippen molar-refractivity contribution >= 4 is 45.0 Å². The number of carbonyl (C=O) groups excluding carboxylic acids is 1. The van der Waals surface area contributed by atoms with E-state index in [4.69, 9.17) is 11.6 Å². The van der Waals surface area contributed by atoms with Crippen LogP contribution < -0.4 is 5.32 Å². The standard InChI is InChI=1S/C21H25ClFN3O3S2/c1-15-3-6-18(12-20(15)31(28,29)26-9-7-25(2)8-10-26)24-21(27)14-30-13-16-4-5-17(22)11-19(16)23/h3-6,11-12H,7-10,13-14H2,1-2H3,(H,24,27). The van der Waals surface area contributed by atoms with Crippen molar-refractivity contribution in [3.63, 3.8) is 0 Å². The molecule has 0 aliphatic carbocycles. The number of anilines is 1. The first-order valence-electron chi connectivity index (χ1n) is 9.77. The summed E-state index contributed by atoms with van der Waals surface area (Å²) in [5.41, 5.74) is 1.52. The van der Waals surface area contributed by atoms with Crippen LogP contribution in [-0.2, 0) is 20.6 Å². The summed E-state index contributed by atoms with van der Waals surface area (Å²) in [6.07, 6.45) is 0. The molecule has 31 heavy (non-hydrogen) atoms. The molecule has 0 radical (unpaired) electrons. The molecule has 1 amide bonds. The summed E-state index contributed by atoms with van der Waals surface area (Å²) < 4.78 is 41.5. The fraction of sp³-hybridized carbons (Fsp3) is 0.381. The lowest BCUT2D eigenvalue weighted by molar-refractivity contribution is -0.113. The van der Waals surface area contributed by atoms with E-state index in [1.807, 2.05) is 7.05 Å². The van der Waals surface area contributed by atoms with Crippen LogP contribution in [0.1, 0.15) is 11.1 Å². The molecule has 0 aromatic heterocycles. The van der Waals surface area contributed by atoms with Gasteiger partial charge in [0.25, 0.3) is 0 Å². The van der Waals surface area contributed by atoms with E-state index in [0.29, 0.717) is 53.8 Å². The van der Waals surface area contributed by atoms with Crippen molar-refractivity contribution in [2.75, 3.05) is 44.3 Å². The highest BCUT2D eigenvalue weighted by Crippen LogP contribution is 2.25. The number of likely N-dealkylation sites (N-methyl/N-ethyl adjacent to an activating group) is 1. The molecular formula is C21H25ClFN3O3S2. The minimum atomic E-state index is -3.64. The zero-order valence-corrected chi connectivity index (χ0v) is 19.8. The van der Waals surface area contributed by atoms with Crippen molar-refractivity contribution in [3.05, 3.63) is 58.4 Å². The number of sulfonamides is 1. The highest BCUT2D eigenvalue weighted by molar-refractivity contribution is 7.99. The van der Waals surface area contributed by atoms with Crippen molar-refractivity contribution in [1.82, 2.24) is 9.21 Å². The van der Waals surface area contributed by atoms with Crippen LogP contribution in [0.5, 0.6) is 0 Å². The van der Waals surface area contributed by atoms with Crippen LogP contribution in [0.25, 0.3) is 0 Å². The lowest BCUT2D eigenvalue weighted by Gasteiger charge is -2.32. The maximum absolute atomic E-state index is 13.8. The lowest BCUT2D eigenvalue weighted by Crippen LogP contribution is -2.47. The van der Waals surface area contributed by atoms with Gasteiger partial charge in [0.1, 0.15) is 5.82 Å². The molecule has 10 heteroatoms. The van der Waals surface area contributed by atoms with Crippen LogP contribution in [0.4, 0.5) is 10.1 Å². The third kappa shape index (κ3) is 6.20. The first-order valence-corrected chi connectivity index (χ1v) is 12.7. The largest absolute Gasteiger partial charge is 0.325 e. The van der Waals surface area contributed by atoms with Gasteiger partial charge in [0.15, 0.2) is 0 Å². The van der Waals surface area contributed by atoms with Crippen LogP contribution >= 0.6 is 23.4 Å². The number of amides is 1. The van der Waals surface area contributed by atoms with E-state index in [9.17, 15) is 17.6 Å². The molecule has 2 aromatic rings. The fourth-order valence-electron chi connectivity index (χ4n) is 3.21. The molecule has 0 spiro atoms. The van der Waals surface area contributed by atoms with Gasteiger partial charge in [-0.25, -0.2) is 12.8 Å². The number of hydrogen-bond donors (Lipinski definition) is 1. The van der Waals surface area contributed by atoms with Crippen molar-refractivity contribution in [2.24, 2.45) is 0 Å². The maximum atomic E-state index is 13.8. The molecule has 2 aromatic carbocycles. The van der Waals surface area contributed by atoms with E-state index in [2.05, 4.69) is 10.2 Å². The van der Waals surface area contributed by atoms with Crippen LogP contribution in [0.3, 0.4) is 0 Å². The number of nitrogens with one attached hydrogen (secondary N) is 1. The molecule has 1 saturated heterocycles. The van der Waals surface area contributed by atoms with Gasteiger partial charge in [-0.15, -0.1) is 11.8 Å². The van der Waals surface area contributed by atoms with Crippen LogP contribution in [0.2, 0.25) is 5.02 Å². The van der Waals surface area contributed by atoms with Gasteiger partial charge in [0.2, 0.25) is 15.9 Å². The van der Waals surface area contributed by atoms with Crippen molar-refractivity contribution in [3.8, 4) is 0 Å². The number of nitrogens with zero attached hydrogens (tertiary/aromatic N) is 2. The summed E-state index contributed by atoms with van der Waals surface area (Å²) >= 11 is 7.01. The highest BCUT2D eigenvalue weighted by atomic mass is 35.5. The van der Waals surface area contributed by atoms with Crippen LogP contribution in [0.15, 0.2) is 41.3 Å². The number of aryl methyl sites for hydroxylation is 1. The third-order valence-corrected chi connectivity index (χ3v) is 8.31. The minimum Gasteiger partial charge on any atom is -0.325 e. The zero-order valence-electron chi connectivity index (χ0n) is 17.4. The number of thioether (sulfide) groups is 1. The molecule has 1 fully saturated rings. The lowest BCUT2D eigenvalue weighted by atomic mass is 10.2. The number of halogens is 2. The molecule has 0 unspecified atom stereocenters. The summed E-state index contributed by atoms with van der Waals surface area (Å²) in [5.74, 6) is -0.256. The van der Waals surface area contributed by atoms with Gasteiger partial charge in [-0.3, -0.25) is 4.79 Å². The molecule has 0 saturated carbocycles. The molecule has 1 heterocycles. The van der Waals surface area contributed by atoms with Gasteiger partial charge in [0, 0.05) is 42.6 Å².